The SMILES string of the molecule is COc1ccc(N)c(NC(=O)C2CCC2)c1.Cl. The largest absolute Gasteiger partial charge is 0.497 e. The third-order valence-corrected chi connectivity index (χ3v) is 2.99. The van der Waals surface area contributed by atoms with E-state index in [4.69, 9.17) is 10.5 Å². The van der Waals surface area contributed by atoms with E-state index in [2.05, 4.69) is 5.32 Å². The van der Waals surface area contributed by atoms with E-state index in [0.717, 1.165) is 19.3 Å². The molecule has 0 unspecified atom stereocenters. The number of nitrogen functional groups attached to an aromatic ring is 1. The number of ether oxygens (including phenoxy) is 1. The maximum Gasteiger partial charge on any atom is 0.227 e. The fourth-order valence-corrected chi connectivity index (χ4v) is 1.68. The molecule has 1 aliphatic rings. The predicted octanol–water partition coefficient (Wildman–Crippen LogP) is 2.44. The van der Waals surface area contributed by atoms with Crippen LogP contribution in [0.5, 0.6) is 5.75 Å². The van der Waals surface area contributed by atoms with Crippen LogP contribution in [0.3, 0.4) is 0 Å². The molecule has 1 aromatic rings. The third-order valence-electron chi connectivity index (χ3n) is 2.99. The number of nitrogens with one attached hydrogen (secondary N) is 1. The Labute approximate surface area is 107 Å². The average Bonchev–Trinajstić information content (AvgIpc) is 2.18. The van der Waals surface area contributed by atoms with Gasteiger partial charge in [0.2, 0.25) is 5.91 Å². The summed E-state index contributed by atoms with van der Waals surface area (Å²) in [5.74, 6) is 0.912. The lowest BCUT2D eigenvalue weighted by molar-refractivity contribution is -0.122. The minimum Gasteiger partial charge on any atom is -0.497 e. The maximum atomic E-state index is 11.7. The molecule has 94 valence electrons. The van der Waals surface area contributed by atoms with Crippen molar-refractivity contribution in [3.63, 3.8) is 0 Å². The molecular formula is C12H17ClN2O2. The Morgan fingerprint density at radius 1 is 1.47 bits per heavy atom. The molecule has 0 radical (unpaired) electrons. The monoisotopic (exact) mass is 256 g/mol. The van der Waals surface area contributed by atoms with Gasteiger partial charge in [-0.3, -0.25) is 4.79 Å². The molecule has 0 bridgehead atoms. The standard InChI is InChI=1S/C12H16N2O2.ClH/c1-16-9-5-6-10(13)11(7-9)14-12(15)8-3-2-4-8;/h5-8H,2-4,13H2,1H3,(H,14,15);1H. The van der Waals surface area contributed by atoms with Gasteiger partial charge in [-0.15, -0.1) is 12.4 Å². The number of halogens is 1. The van der Waals surface area contributed by atoms with Gasteiger partial charge in [-0.2, -0.15) is 0 Å². The Morgan fingerprint density at radius 3 is 2.71 bits per heavy atom. The summed E-state index contributed by atoms with van der Waals surface area (Å²) >= 11 is 0. The molecule has 1 amide bonds. The van der Waals surface area contributed by atoms with E-state index in [1.54, 1.807) is 25.3 Å². The van der Waals surface area contributed by atoms with E-state index in [0.29, 0.717) is 17.1 Å². The Kier molecular flexibility index (Phi) is 4.63. The zero-order valence-electron chi connectivity index (χ0n) is 9.73. The lowest BCUT2D eigenvalue weighted by Gasteiger charge is -2.24. The van der Waals surface area contributed by atoms with Gasteiger partial charge < -0.3 is 15.8 Å². The van der Waals surface area contributed by atoms with Crippen molar-refractivity contribution >= 4 is 29.7 Å². The van der Waals surface area contributed by atoms with Gasteiger partial charge in [-0.1, -0.05) is 6.42 Å². The summed E-state index contributed by atoms with van der Waals surface area (Å²) < 4.78 is 5.09. The molecule has 4 nitrogen and oxygen atoms in total. The Bertz CT molecular complexity index is 405. The Balaban J connectivity index is 0.00000144. The molecule has 1 fully saturated rings. The zero-order chi connectivity index (χ0) is 11.5. The van der Waals surface area contributed by atoms with E-state index in [1.807, 2.05) is 0 Å². The summed E-state index contributed by atoms with van der Waals surface area (Å²) in [6.07, 6.45) is 3.11. The van der Waals surface area contributed by atoms with Gasteiger partial charge in [0.05, 0.1) is 18.5 Å². The van der Waals surface area contributed by atoms with Crippen LogP contribution >= 0.6 is 12.4 Å². The van der Waals surface area contributed by atoms with Gasteiger partial charge in [0, 0.05) is 12.0 Å². The fraction of sp³-hybridized carbons (Fsp3) is 0.417. The van der Waals surface area contributed by atoms with Crippen molar-refractivity contribution in [3.05, 3.63) is 18.2 Å². The van der Waals surface area contributed by atoms with Gasteiger partial charge in [-0.05, 0) is 25.0 Å². The number of hydrogen-bond acceptors (Lipinski definition) is 3. The van der Waals surface area contributed by atoms with E-state index >= 15 is 0 Å². The van der Waals surface area contributed by atoms with Crippen LogP contribution in [0.25, 0.3) is 0 Å². The van der Waals surface area contributed by atoms with Crippen LogP contribution in [0.2, 0.25) is 0 Å². The first-order valence-corrected chi connectivity index (χ1v) is 5.45. The van der Waals surface area contributed by atoms with Crippen LogP contribution in [0.1, 0.15) is 19.3 Å². The summed E-state index contributed by atoms with van der Waals surface area (Å²) in [5, 5.41) is 2.84. The first kappa shape index (κ1) is 13.6. The van der Waals surface area contributed by atoms with Crippen molar-refractivity contribution in [1.82, 2.24) is 0 Å². The summed E-state index contributed by atoms with van der Waals surface area (Å²) in [4.78, 5) is 11.7. The molecule has 1 aliphatic carbocycles. The topological polar surface area (TPSA) is 64.3 Å². The number of amides is 1. The predicted molar refractivity (Wildman–Crippen MR) is 70.6 cm³/mol. The van der Waals surface area contributed by atoms with Crippen LogP contribution in [0, 0.1) is 5.92 Å². The minimum atomic E-state index is 0. The number of hydrogen-bond donors (Lipinski definition) is 2. The van der Waals surface area contributed by atoms with E-state index in [-0.39, 0.29) is 24.2 Å². The van der Waals surface area contributed by atoms with Crippen molar-refractivity contribution in [2.24, 2.45) is 5.92 Å². The summed E-state index contributed by atoms with van der Waals surface area (Å²) in [7, 11) is 1.59. The molecule has 17 heavy (non-hydrogen) atoms. The molecule has 0 aromatic heterocycles. The van der Waals surface area contributed by atoms with Gasteiger partial charge in [-0.25, -0.2) is 0 Å². The highest BCUT2D eigenvalue weighted by atomic mass is 35.5. The molecule has 0 aliphatic heterocycles. The van der Waals surface area contributed by atoms with E-state index in [1.165, 1.54) is 0 Å². The number of nitrogens with two attached hydrogens (primary N) is 1. The van der Waals surface area contributed by atoms with Crippen LogP contribution in [0.15, 0.2) is 18.2 Å². The Hall–Kier alpha value is -1.42. The van der Waals surface area contributed by atoms with E-state index in [9.17, 15) is 4.79 Å². The molecule has 0 atom stereocenters. The number of rotatable bonds is 3. The van der Waals surface area contributed by atoms with Crippen molar-refractivity contribution < 1.29 is 9.53 Å². The molecule has 1 aromatic carbocycles. The first-order chi connectivity index (χ1) is 7.70. The van der Waals surface area contributed by atoms with Crippen molar-refractivity contribution in [2.45, 2.75) is 19.3 Å². The number of benzene rings is 1. The van der Waals surface area contributed by atoms with Crippen LogP contribution in [-0.4, -0.2) is 13.0 Å². The van der Waals surface area contributed by atoms with Crippen molar-refractivity contribution in [1.29, 1.82) is 0 Å². The van der Waals surface area contributed by atoms with Crippen LogP contribution in [-0.2, 0) is 4.79 Å². The Morgan fingerprint density at radius 2 is 2.18 bits per heavy atom. The van der Waals surface area contributed by atoms with Gasteiger partial charge in [0.1, 0.15) is 5.75 Å². The highest BCUT2D eigenvalue weighted by Gasteiger charge is 2.25. The number of carbonyl (C=O) groups excluding carboxylic acids is 1. The maximum absolute atomic E-state index is 11.7. The molecule has 3 N–H and O–H groups in total. The molecular weight excluding hydrogens is 240 g/mol. The van der Waals surface area contributed by atoms with E-state index < -0.39 is 0 Å². The lowest BCUT2D eigenvalue weighted by atomic mass is 9.85. The van der Waals surface area contributed by atoms with Crippen LogP contribution in [0.4, 0.5) is 11.4 Å². The number of methoxy groups -OCH3 is 1. The second-order valence-corrected chi connectivity index (χ2v) is 4.07. The first-order valence-electron chi connectivity index (χ1n) is 5.45. The zero-order valence-corrected chi connectivity index (χ0v) is 10.5. The second-order valence-electron chi connectivity index (χ2n) is 4.07. The summed E-state index contributed by atoms with van der Waals surface area (Å²) in [6.45, 7) is 0. The average molecular weight is 257 g/mol. The third kappa shape index (κ3) is 3.03. The molecule has 0 saturated heterocycles. The fourth-order valence-electron chi connectivity index (χ4n) is 1.68. The highest BCUT2D eigenvalue weighted by Crippen LogP contribution is 2.30. The quantitative estimate of drug-likeness (QED) is 0.817. The van der Waals surface area contributed by atoms with Crippen LogP contribution < -0.4 is 15.8 Å². The lowest BCUT2D eigenvalue weighted by Crippen LogP contribution is -2.28. The van der Waals surface area contributed by atoms with Gasteiger partial charge in [0.15, 0.2) is 0 Å². The second kappa shape index (κ2) is 5.77. The molecule has 1 saturated carbocycles. The number of carbonyl (C=O) groups is 1. The van der Waals surface area contributed by atoms with Crippen molar-refractivity contribution in [2.75, 3.05) is 18.2 Å². The molecule has 0 spiro atoms. The molecule has 5 heteroatoms. The minimum absolute atomic E-state index is 0. The number of anilines is 2. The molecule has 2 rings (SSSR count). The molecule has 0 heterocycles. The highest BCUT2D eigenvalue weighted by molar-refractivity contribution is 5.96. The normalized spacial score (nSPS) is 14.4. The van der Waals surface area contributed by atoms with Gasteiger partial charge >= 0.3 is 0 Å². The van der Waals surface area contributed by atoms with Gasteiger partial charge in [0.25, 0.3) is 0 Å². The smallest absolute Gasteiger partial charge is 0.227 e. The summed E-state index contributed by atoms with van der Waals surface area (Å²) in [6, 6.07) is 5.25. The van der Waals surface area contributed by atoms with Crippen molar-refractivity contribution in [3.8, 4) is 5.75 Å². The summed E-state index contributed by atoms with van der Waals surface area (Å²) in [5.41, 5.74) is 6.98.